The average Bonchev–Trinajstić information content (AvgIpc) is 3.06. The van der Waals surface area contributed by atoms with E-state index in [1.165, 1.54) is 30.7 Å². The summed E-state index contributed by atoms with van der Waals surface area (Å²) in [5, 5.41) is 16.1. The minimum Gasteiger partial charge on any atom is -0.507 e. The Kier molecular flexibility index (Phi) is 6.05. The van der Waals surface area contributed by atoms with Gasteiger partial charge in [0.15, 0.2) is 0 Å². The number of carbonyl (C=O) groups is 3. The van der Waals surface area contributed by atoms with Crippen LogP contribution in [0, 0.1) is 0 Å². The van der Waals surface area contributed by atoms with Crippen molar-refractivity contribution >= 4 is 40.3 Å². The molecular formula is C19H19N3O5S. The van der Waals surface area contributed by atoms with E-state index in [-0.39, 0.29) is 5.75 Å². The van der Waals surface area contributed by atoms with E-state index >= 15 is 0 Å². The first-order chi connectivity index (χ1) is 13.5. The van der Waals surface area contributed by atoms with Crippen LogP contribution in [0.2, 0.25) is 0 Å². The van der Waals surface area contributed by atoms with Crippen LogP contribution in [-0.2, 0) is 27.2 Å². The van der Waals surface area contributed by atoms with Gasteiger partial charge in [-0.2, -0.15) is 5.10 Å². The normalized spacial score (nSPS) is 13.0. The highest BCUT2D eigenvalue weighted by Crippen LogP contribution is 2.38. The third-order valence-electron chi connectivity index (χ3n) is 4.30. The summed E-state index contributed by atoms with van der Waals surface area (Å²) in [6, 6.07) is 6.42. The van der Waals surface area contributed by atoms with Gasteiger partial charge in [-0.1, -0.05) is 12.1 Å². The molecule has 9 heteroatoms. The molecule has 2 amide bonds. The molecule has 1 aliphatic rings. The highest BCUT2D eigenvalue weighted by molar-refractivity contribution is 7.17. The van der Waals surface area contributed by atoms with E-state index in [0.29, 0.717) is 16.1 Å². The van der Waals surface area contributed by atoms with Gasteiger partial charge in [-0.25, -0.2) is 10.2 Å². The van der Waals surface area contributed by atoms with E-state index in [2.05, 4.69) is 15.8 Å². The Labute approximate surface area is 165 Å². The van der Waals surface area contributed by atoms with Crippen molar-refractivity contribution in [1.82, 2.24) is 5.43 Å². The second kappa shape index (κ2) is 8.66. The van der Waals surface area contributed by atoms with Crippen molar-refractivity contribution in [3.63, 3.8) is 0 Å². The van der Waals surface area contributed by atoms with Gasteiger partial charge in [0.2, 0.25) is 0 Å². The van der Waals surface area contributed by atoms with Crippen LogP contribution in [0.15, 0.2) is 29.4 Å². The topological polar surface area (TPSA) is 117 Å². The summed E-state index contributed by atoms with van der Waals surface area (Å²) in [6.45, 7) is 0. The summed E-state index contributed by atoms with van der Waals surface area (Å²) in [4.78, 5) is 37.4. The van der Waals surface area contributed by atoms with E-state index < -0.39 is 17.8 Å². The van der Waals surface area contributed by atoms with Crippen LogP contribution in [0.1, 0.15) is 39.2 Å². The lowest BCUT2D eigenvalue weighted by Crippen LogP contribution is -2.32. The van der Waals surface area contributed by atoms with Gasteiger partial charge in [0, 0.05) is 10.4 Å². The molecule has 1 aromatic carbocycles. The molecule has 1 aromatic heterocycles. The fourth-order valence-corrected chi connectivity index (χ4v) is 4.21. The number of nitrogens with zero attached hydrogens (tertiary/aromatic N) is 1. The lowest BCUT2D eigenvalue weighted by atomic mass is 9.95. The van der Waals surface area contributed by atoms with E-state index in [1.807, 2.05) is 0 Å². The van der Waals surface area contributed by atoms with Crippen LogP contribution >= 0.6 is 11.3 Å². The smallest absolute Gasteiger partial charge is 0.341 e. The predicted octanol–water partition coefficient (Wildman–Crippen LogP) is 2.21. The van der Waals surface area contributed by atoms with Gasteiger partial charge in [0.25, 0.3) is 0 Å². The molecule has 0 unspecified atom stereocenters. The number of amides is 2. The largest absolute Gasteiger partial charge is 0.507 e. The molecule has 1 heterocycles. The van der Waals surface area contributed by atoms with Crippen molar-refractivity contribution < 1.29 is 24.2 Å². The molecule has 8 nitrogen and oxygen atoms in total. The number of phenolic OH excluding ortho intramolecular Hbond substituents is 1. The molecule has 0 saturated carbocycles. The lowest BCUT2D eigenvalue weighted by Gasteiger charge is -2.11. The van der Waals surface area contributed by atoms with Gasteiger partial charge < -0.3 is 15.2 Å². The van der Waals surface area contributed by atoms with Gasteiger partial charge in [0.1, 0.15) is 10.8 Å². The summed E-state index contributed by atoms with van der Waals surface area (Å²) < 4.78 is 4.84. The van der Waals surface area contributed by atoms with E-state index in [0.717, 1.165) is 36.1 Å². The summed E-state index contributed by atoms with van der Waals surface area (Å²) in [6.07, 6.45) is 4.77. The lowest BCUT2D eigenvalue weighted by molar-refractivity contribution is -0.136. The third-order valence-corrected chi connectivity index (χ3v) is 5.51. The maximum Gasteiger partial charge on any atom is 0.341 e. The third kappa shape index (κ3) is 4.20. The SMILES string of the molecule is COC(=O)c1c(NC(=O)C(=O)N/N=C/c2ccccc2O)sc2c1CCCC2. The highest BCUT2D eigenvalue weighted by atomic mass is 32.1. The maximum absolute atomic E-state index is 12.2. The summed E-state index contributed by atoms with van der Waals surface area (Å²) >= 11 is 1.29. The van der Waals surface area contributed by atoms with Gasteiger partial charge in [-0.05, 0) is 43.4 Å². The number of aryl methyl sites for hydroxylation is 1. The summed E-state index contributed by atoms with van der Waals surface area (Å²) in [5.74, 6) is -2.48. The number of hydrogen-bond acceptors (Lipinski definition) is 7. The fourth-order valence-electron chi connectivity index (χ4n) is 2.94. The second-order valence-electron chi connectivity index (χ2n) is 6.12. The zero-order chi connectivity index (χ0) is 20.1. The van der Waals surface area contributed by atoms with Crippen LogP contribution in [0.4, 0.5) is 5.00 Å². The quantitative estimate of drug-likeness (QED) is 0.314. The van der Waals surface area contributed by atoms with E-state index in [4.69, 9.17) is 4.74 Å². The van der Waals surface area contributed by atoms with Crippen molar-refractivity contribution in [2.75, 3.05) is 12.4 Å². The Hall–Kier alpha value is -3.20. The molecule has 0 fully saturated rings. The molecule has 28 heavy (non-hydrogen) atoms. The Morgan fingerprint density at radius 3 is 2.68 bits per heavy atom. The number of methoxy groups -OCH3 is 1. The Balaban J connectivity index is 1.70. The van der Waals surface area contributed by atoms with Crippen molar-refractivity contribution in [2.24, 2.45) is 5.10 Å². The number of anilines is 1. The minimum atomic E-state index is -0.992. The molecule has 0 atom stereocenters. The van der Waals surface area contributed by atoms with Crippen molar-refractivity contribution in [3.8, 4) is 5.75 Å². The highest BCUT2D eigenvalue weighted by Gasteiger charge is 2.28. The molecule has 0 bridgehead atoms. The number of thiophene rings is 1. The number of nitrogens with one attached hydrogen (secondary N) is 2. The first kappa shape index (κ1) is 19.6. The van der Waals surface area contributed by atoms with Crippen LogP contribution in [0.5, 0.6) is 5.75 Å². The zero-order valence-corrected chi connectivity index (χ0v) is 16.0. The van der Waals surface area contributed by atoms with Gasteiger partial charge in [-0.15, -0.1) is 11.3 Å². The zero-order valence-electron chi connectivity index (χ0n) is 15.2. The van der Waals surface area contributed by atoms with Crippen LogP contribution < -0.4 is 10.7 Å². The van der Waals surface area contributed by atoms with Crippen molar-refractivity contribution in [1.29, 1.82) is 0 Å². The minimum absolute atomic E-state index is 0.00293. The standard InChI is InChI=1S/C19H19N3O5S/c1-27-19(26)15-12-7-3-5-9-14(12)28-18(15)21-16(24)17(25)22-20-10-11-6-2-4-8-13(11)23/h2,4,6,8,10,23H,3,5,7,9H2,1H3,(H,21,24)(H,22,25)/b20-10+. The van der Waals surface area contributed by atoms with Gasteiger partial charge in [-0.3, -0.25) is 9.59 Å². The molecule has 0 saturated heterocycles. The van der Waals surface area contributed by atoms with Crippen LogP contribution in [0.3, 0.4) is 0 Å². The first-order valence-electron chi connectivity index (χ1n) is 8.66. The molecule has 0 spiro atoms. The summed E-state index contributed by atoms with van der Waals surface area (Å²) in [7, 11) is 1.28. The number of hydrogen-bond donors (Lipinski definition) is 3. The molecule has 1 aliphatic carbocycles. The number of benzene rings is 1. The van der Waals surface area contributed by atoms with Crippen molar-refractivity contribution in [2.45, 2.75) is 25.7 Å². The molecule has 0 radical (unpaired) electrons. The first-order valence-corrected chi connectivity index (χ1v) is 9.48. The number of esters is 1. The molecule has 2 aromatic rings. The number of fused-ring (bicyclic) bond motifs is 1. The average molecular weight is 401 g/mol. The number of ether oxygens (including phenoxy) is 1. The number of rotatable bonds is 4. The molecular weight excluding hydrogens is 382 g/mol. The van der Waals surface area contributed by atoms with Crippen LogP contribution in [0.25, 0.3) is 0 Å². The molecule has 3 N–H and O–H groups in total. The van der Waals surface area contributed by atoms with Gasteiger partial charge in [0.05, 0.1) is 18.9 Å². The Bertz CT molecular complexity index is 951. The Morgan fingerprint density at radius 1 is 1.18 bits per heavy atom. The molecule has 0 aliphatic heterocycles. The number of phenols is 1. The summed E-state index contributed by atoms with van der Waals surface area (Å²) in [5.41, 5.74) is 3.70. The predicted molar refractivity (Wildman–Crippen MR) is 105 cm³/mol. The number of para-hydroxylation sites is 1. The number of carbonyl (C=O) groups excluding carboxylic acids is 3. The van der Waals surface area contributed by atoms with Crippen LogP contribution in [-0.4, -0.2) is 36.2 Å². The van der Waals surface area contributed by atoms with E-state index in [1.54, 1.807) is 18.2 Å². The number of hydrazone groups is 1. The second-order valence-corrected chi connectivity index (χ2v) is 7.22. The monoisotopic (exact) mass is 401 g/mol. The Morgan fingerprint density at radius 2 is 1.93 bits per heavy atom. The fraction of sp³-hybridized carbons (Fsp3) is 0.263. The number of aromatic hydroxyl groups is 1. The van der Waals surface area contributed by atoms with Gasteiger partial charge >= 0.3 is 17.8 Å². The molecule has 146 valence electrons. The van der Waals surface area contributed by atoms with Crippen molar-refractivity contribution in [3.05, 3.63) is 45.8 Å². The van der Waals surface area contributed by atoms with E-state index in [9.17, 15) is 19.5 Å². The maximum atomic E-state index is 12.2. The molecule has 3 rings (SSSR count).